The standard InChI is InChI=1S/C19H22FN3O2/c20-15-4-1-3-14(11-15)12-19(13-24)6-9-23(10-7-19)18-16(17(21)25)5-2-8-22-18/h1-5,8,11,24H,6-7,9-10,12-13H2,(H2,21,25). The predicted molar refractivity (Wildman–Crippen MR) is 93.8 cm³/mol. The molecule has 3 rings (SSSR count). The van der Waals surface area contributed by atoms with Crippen molar-refractivity contribution in [1.29, 1.82) is 0 Å². The monoisotopic (exact) mass is 343 g/mol. The van der Waals surface area contributed by atoms with Gasteiger partial charge in [-0.3, -0.25) is 4.79 Å². The lowest BCUT2D eigenvalue weighted by molar-refractivity contribution is 0.0954. The Morgan fingerprint density at radius 2 is 2.04 bits per heavy atom. The molecule has 0 unspecified atom stereocenters. The number of anilines is 1. The third kappa shape index (κ3) is 3.79. The highest BCUT2D eigenvalue weighted by molar-refractivity contribution is 5.97. The van der Waals surface area contributed by atoms with E-state index in [4.69, 9.17) is 5.73 Å². The number of carbonyl (C=O) groups is 1. The Morgan fingerprint density at radius 1 is 1.28 bits per heavy atom. The lowest BCUT2D eigenvalue weighted by Crippen LogP contribution is -2.44. The molecule has 0 spiro atoms. The second-order valence-electron chi connectivity index (χ2n) is 6.69. The third-order valence-electron chi connectivity index (χ3n) is 4.98. The molecule has 1 aliphatic heterocycles. The van der Waals surface area contributed by atoms with Gasteiger partial charge in [-0.05, 0) is 49.1 Å². The van der Waals surface area contributed by atoms with Gasteiger partial charge in [0.05, 0.1) is 5.56 Å². The van der Waals surface area contributed by atoms with Crippen molar-refractivity contribution in [2.75, 3.05) is 24.6 Å². The van der Waals surface area contributed by atoms with Crippen molar-refractivity contribution in [3.63, 3.8) is 0 Å². The van der Waals surface area contributed by atoms with E-state index in [-0.39, 0.29) is 17.8 Å². The quantitative estimate of drug-likeness (QED) is 0.872. The normalized spacial score (nSPS) is 16.6. The number of aliphatic hydroxyl groups is 1. The smallest absolute Gasteiger partial charge is 0.252 e. The molecule has 3 N–H and O–H groups in total. The molecule has 0 aliphatic carbocycles. The number of nitrogens with zero attached hydrogens (tertiary/aromatic N) is 2. The number of aliphatic hydroxyl groups excluding tert-OH is 1. The SMILES string of the molecule is NC(=O)c1cccnc1N1CCC(CO)(Cc2cccc(F)c2)CC1. The molecule has 1 aromatic heterocycles. The fourth-order valence-corrected chi connectivity index (χ4v) is 3.50. The molecular weight excluding hydrogens is 321 g/mol. The van der Waals surface area contributed by atoms with Crippen LogP contribution in [0.4, 0.5) is 10.2 Å². The van der Waals surface area contributed by atoms with Crippen LogP contribution in [0, 0.1) is 11.2 Å². The van der Waals surface area contributed by atoms with Gasteiger partial charge in [0.25, 0.3) is 5.91 Å². The van der Waals surface area contributed by atoms with Crippen LogP contribution in [0.15, 0.2) is 42.6 Å². The van der Waals surface area contributed by atoms with Crippen LogP contribution in [-0.4, -0.2) is 35.7 Å². The molecule has 1 saturated heterocycles. The lowest BCUT2D eigenvalue weighted by atomic mass is 9.74. The molecule has 132 valence electrons. The Hall–Kier alpha value is -2.47. The lowest BCUT2D eigenvalue weighted by Gasteiger charge is -2.41. The van der Waals surface area contributed by atoms with Crippen molar-refractivity contribution in [1.82, 2.24) is 4.98 Å². The summed E-state index contributed by atoms with van der Waals surface area (Å²) in [7, 11) is 0. The molecular formula is C19H22FN3O2. The molecule has 25 heavy (non-hydrogen) atoms. The van der Waals surface area contributed by atoms with Crippen LogP contribution in [0.1, 0.15) is 28.8 Å². The van der Waals surface area contributed by atoms with Crippen LogP contribution in [0.3, 0.4) is 0 Å². The van der Waals surface area contributed by atoms with Crippen molar-refractivity contribution in [3.05, 3.63) is 59.5 Å². The minimum absolute atomic E-state index is 0.0439. The summed E-state index contributed by atoms with van der Waals surface area (Å²) in [6.45, 7) is 1.36. The Bertz CT molecular complexity index is 758. The molecule has 0 radical (unpaired) electrons. The minimum Gasteiger partial charge on any atom is -0.396 e. The van der Waals surface area contributed by atoms with E-state index in [0.29, 0.717) is 30.9 Å². The van der Waals surface area contributed by atoms with Crippen molar-refractivity contribution in [2.24, 2.45) is 11.1 Å². The van der Waals surface area contributed by atoms with Gasteiger partial charge >= 0.3 is 0 Å². The minimum atomic E-state index is -0.498. The number of aromatic nitrogens is 1. The number of benzene rings is 1. The highest BCUT2D eigenvalue weighted by atomic mass is 19.1. The van der Waals surface area contributed by atoms with E-state index in [1.165, 1.54) is 12.1 Å². The van der Waals surface area contributed by atoms with Gasteiger partial charge in [-0.25, -0.2) is 9.37 Å². The zero-order valence-corrected chi connectivity index (χ0v) is 14.0. The number of halogens is 1. The van der Waals surface area contributed by atoms with Crippen molar-refractivity contribution in [2.45, 2.75) is 19.3 Å². The number of rotatable bonds is 5. The van der Waals surface area contributed by atoms with E-state index in [2.05, 4.69) is 4.98 Å². The topological polar surface area (TPSA) is 79.5 Å². The van der Waals surface area contributed by atoms with E-state index in [1.54, 1.807) is 24.4 Å². The van der Waals surface area contributed by atoms with Crippen molar-refractivity contribution < 1.29 is 14.3 Å². The molecule has 6 heteroatoms. The Labute approximate surface area is 146 Å². The number of nitrogens with two attached hydrogens (primary N) is 1. The van der Waals surface area contributed by atoms with Gasteiger partial charge in [0, 0.05) is 31.3 Å². The van der Waals surface area contributed by atoms with Gasteiger partial charge < -0.3 is 15.7 Å². The summed E-state index contributed by atoms with van der Waals surface area (Å²) in [4.78, 5) is 17.9. The van der Waals surface area contributed by atoms with E-state index in [1.807, 2.05) is 11.0 Å². The number of primary amides is 1. The van der Waals surface area contributed by atoms with Crippen LogP contribution in [0.5, 0.6) is 0 Å². The number of piperidine rings is 1. The number of carbonyl (C=O) groups excluding carboxylic acids is 1. The highest BCUT2D eigenvalue weighted by Crippen LogP contribution is 2.36. The fourth-order valence-electron chi connectivity index (χ4n) is 3.50. The Morgan fingerprint density at radius 3 is 2.68 bits per heavy atom. The summed E-state index contributed by atoms with van der Waals surface area (Å²) in [6, 6.07) is 9.88. The molecule has 0 atom stereocenters. The van der Waals surface area contributed by atoms with E-state index in [0.717, 1.165) is 18.4 Å². The number of amides is 1. The molecule has 2 aromatic rings. The third-order valence-corrected chi connectivity index (χ3v) is 4.98. The number of hydrogen-bond donors (Lipinski definition) is 2. The van der Waals surface area contributed by atoms with Gasteiger partial charge in [-0.1, -0.05) is 12.1 Å². The zero-order chi connectivity index (χ0) is 17.9. The van der Waals surface area contributed by atoms with Crippen molar-refractivity contribution >= 4 is 11.7 Å². The summed E-state index contributed by atoms with van der Waals surface area (Å²) in [6.07, 6.45) is 3.73. The van der Waals surface area contributed by atoms with Crippen molar-refractivity contribution in [3.8, 4) is 0 Å². The molecule has 0 bridgehead atoms. The van der Waals surface area contributed by atoms with E-state index in [9.17, 15) is 14.3 Å². The van der Waals surface area contributed by atoms with E-state index >= 15 is 0 Å². The van der Waals surface area contributed by atoms with Gasteiger partial charge in [0.2, 0.25) is 0 Å². The molecule has 1 amide bonds. The first-order chi connectivity index (χ1) is 12.0. The first kappa shape index (κ1) is 17.4. The summed E-state index contributed by atoms with van der Waals surface area (Å²) in [5.74, 6) is -0.170. The van der Waals surface area contributed by atoms with Crippen LogP contribution >= 0.6 is 0 Å². The summed E-state index contributed by atoms with van der Waals surface area (Å²) in [5.41, 5.74) is 6.44. The average molecular weight is 343 g/mol. The second-order valence-corrected chi connectivity index (χ2v) is 6.69. The first-order valence-corrected chi connectivity index (χ1v) is 8.38. The highest BCUT2D eigenvalue weighted by Gasteiger charge is 2.35. The molecule has 2 heterocycles. The maximum absolute atomic E-state index is 13.4. The molecule has 1 aromatic carbocycles. The maximum atomic E-state index is 13.4. The number of pyridine rings is 1. The van der Waals surface area contributed by atoms with Crippen LogP contribution < -0.4 is 10.6 Å². The second kappa shape index (κ2) is 7.19. The van der Waals surface area contributed by atoms with Gasteiger partial charge in [-0.2, -0.15) is 0 Å². The average Bonchev–Trinajstić information content (AvgIpc) is 2.62. The summed E-state index contributed by atoms with van der Waals surface area (Å²) in [5, 5.41) is 9.97. The fraction of sp³-hybridized carbons (Fsp3) is 0.368. The maximum Gasteiger partial charge on any atom is 0.252 e. The first-order valence-electron chi connectivity index (χ1n) is 8.38. The van der Waals surface area contributed by atoms with Gasteiger partial charge in [-0.15, -0.1) is 0 Å². The Balaban J connectivity index is 1.74. The molecule has 0 saturated carbocycles. The largest absolute Gasteiger partial charge is 0.396 e. The molecule has 1 fully saturated rings. The van der Waals surface area contributed by atoms with Gasteiger partial charge in [0.15, 0.2) is 0 Å². The predicted octanol–water partition coefficient (Wildman–Crippen LogP) is 2.14. The molecule has 1 aliphatic rings. The van der Waals surface area contributed by atoms with Crippen LogP contribution in [-0.2, 0) is 6.42 Å². The Kier molecular flexibility index (Phi) is 4.99. The van der Waals surface area contributed by atoms with E-state index < -0.39 is 5.91 Å². The van der Waals surface area contributed by atoms with Crippen LogP contribution in [0.2, 0.25) is 0 Å². The zero-order valence-electron chi connectivity index (χ0n) is 14.0. The molecule has 5 nitrogen and oxygen atoms in total. The van der Waals surface area contributed by atoms with Gasteiger partial charge in [0.1, 0.15) is 11.6 Å². The summed E-state index contributed by atoms with van der Waals surface area (Å²) >= 11 is 0. The van der Waals surface area contributed by atoms with Crippen LogP contribution in [0.25, 0.3) is 0 Å². The number of hydrogen-bond acceptors (Lipinski definition) is 4. The summed E-state index contributed by atoms with van der Waals surface area (Å²) < 4.78 is 13.4.